The Morgan fingerprint density at radius 3 is 1.82 bits per heavy atom. The van der Waals surface area contributed by atoms with Crippen molar-refractivity contribution in [3.63, 3.8) is 0 Å². The Hall–Kier alpha value is -3.80. The molecule has 278 valence electrons. The SMILES string of the molecule is O=S(=O)(O)c1cc(O)c(N=Nc2c(O)ccc3ccccc23)c2ccccc12.O=S1(=O)COc2c1c(N=Nc1cc(Cl)ccc1O)c(O)c1ccccc21.[Cr].[Na+].[Na+]. The number of nitrogens with zero attached hydrogens (tertiary/aromatic N) is 4. The fourth-order valence-electron chi connectivity index (χ4n) is 5.83. The standard InChI is InChI=1S/C20H14N2O5S.C17H11ClN2O5S.Cr.2Na/c23-16-10-9-12-5-1-2-6-13(12)19(16)21-22-20-15-8-4-3-7-14(15)18(11-17(20)24)28(25,26)27;18-9-5-6-13(21)12(7-9)19-20-14-15(22)10-3-1-2-4-11(10)16-17(14)26(23,24)8-25-16;;;/h1-11,23-24H,(H,25,26,27);1-7,21-22H,8H2;;;/q;;;2*+1. The van der Waals surface area contributed by atoms with Crippen LogP contribution in [0.4, 0.5) is 22.7 Å². The van der Waals surface area contributed by atoms with Crippen molar-refractivity contribution >= 4 is 86.6 Å². The summed E-state index contributed by atoms with van der Waals surface area (Å²) in [5, 5.41) is 60.0. The molecule has 0 spiro atoms. The molecule has 7 aromatic rings. The van der Waals surface area contributed by atoms with Gasteiger partial charge in [-0.15, -0.1) is 20.5 Å². The Bertz CT molecular complexity index is 2980. The molecule has 1 aliphatic heterocycles. The summed E-state index contributed by atoms with van der Waals surface area (Å²) in [7, 11) is -8.34. The van der Waals surface area contributed by atoms with Crippen LogP contribution in [0.3, 0.4) is 0 Å². The van der Waals surface area contributed by atoms with Gasteiger partial charge in [0, 0.05) is 55.4 Å². The van der Waals surface area contributed by atoms with Gasteiger partial charge in [0.05, 0.1) is 0 Å². The molecule has 0 bridgehead atoms. The Morgan fingerprint density at radius 2 is 1.16 bits per heavy atom. The maximum atomic E-state index is 12.4. The molecule has 0 aliphatic carbocycles. The molecular formula is C37H25ClCrN4Na2O10S2+2. The van der Waals surface area contributed by atoms with Gasteiger partial charge in [0.2, 0.25) is 9.84 Å². The van der Waals surface area contributed by atoms with Crippen LogP contribution in [0.1, 0.15) is 0 Å². The number of sulfone groups is 1. The second-order valence-electron chi connectivity index (χ2n) is 11.7. The molecule has 5 N–H and O–H groups in total. The summed E-state index contributed by atoms with van der Waals surface area (Å²) < 4.78 is 62.8. The van der Waals surface area contributed by atoms with Gasteiger partial charge in [0.25, 0.3) is 10.1 Å². The van der Waals surface area contributed by atoms with Crippen molar-refractivity contribution in [2.45, 2.75) is 9.79 Å². The van der Waals surface area contributed by atoms with Crippen LogP contribution in [0.5, 0.6) is 28.7 Å². The van der Waals surface area contributed by atoms with Gasteiger partial charge < -0.3 is 25.2 Å². The van der Waals surface area contributed by atoms with E-state index < -0.39 is 36.5 Å². The molecule has 0 saturated carbocycles. The molecule has 7 aromatic carbocycles. The first kappa shape index (κ1) is 45.9. The average Bonchev–Trinajstić information content (AvgIpc) is 3.47. The Labute approximate surface area is 384 Å². The van der Waals surface area contributed by atoms with Crippen LogP contribution in [-0.4, -0.2) is 47.8 Å². The van der Waals surface area contributed by atoms with Crippen molar-refractivity contribution in [3.05, 3.63) is 114 Å². The van der Waals surface area contributed by atoms with E-state index in [0.717, 1.165) is 11.5 Å². The van der Waals surface area contributed by atoms with Crippen LogP contribution < -0.4 is 63.9 Å². The largest absolute Gasteiger partial charge is 1.00 e. The predicted octanol–water partition coefficient (Wildman–Crippen LogP) is 3.52. The zero-order valence-electron chi connectivity index (χ0n) is 29.8. The molecule has 20 heteroatoms. The van der Waals surface area contributed by atoms with Gasteiger partial charge in [-0.05, 0) is 29.7 Å². The minimum absolute atomic E-state index is 0. The number of benzene rings is 7. The van der Waals surface area contributed by atoms with E-state index in [1.54, 1.807) is 60.7 Å². The predicted molar refractivity (Wildman–Crippen MR) is 201 cm³/mol. The summed E-state index contributed by atoms with van der Waals surface area (Å²) in [6.07, 6.45) is 0. The number of azo groups is 2. The summed E-state index contributed by atoms with van der Waals surface area (Å²) in [6, 6.07) is 28.6. The van der Waals surface area contributed by atoms with Crippen LogP contribution in [0, 0.1) is 0 Å². The number of hydrogen-bond donors (Lipinski definition) is 5. The first-order valence-electron chi connectivity index (χ1n) is 15.6. The molecule has 14 nitrogen and oxygen atoms in total. The van der Waals surface area contributed by atoms with Crippen molar-refractivity contribution in [2.24, 2.45) is 20.5 Å². The molecule has 8 rings (SSSR count). The Kier molecular flexibility index (Phi) is 14.8. The molecule has 0 amide bonds. The average molecular weight is 883 g/mol. The summed E-state index contributed by atoms with van der Waals surface area (Å²) in [5.41, 5.74) is 0.0430. The van der Waals surface area contributed by atoms with E-state index in [9.17, 15) is 41.8 Å². The topological polar surface area (TPSA) is 228 Å². The number of phenolic OH excluding ortho intramolecular Hbond substituents is 4. The third-order valence-electron chi connectivity index (χ3n) is 8.30. The fourth-order valence-corrected chi connectivity index (χ4v) is 7.99. The Balaban J connectivity index is 0.000000241. The van der Waals surface area contributed by atoms with Crippen LogP contribution in [0.15, 0.2) is 139 Å². The molecule has 0 atom stereocenters. The van der Waals surface area contributed by atoms with Crippen molar-refractivity contribution < 1.29 is 123 Å². The van der Waals surface area contributed by atoms with Gasteiger partial charge in [0.15, 0.2) is 17.4 Å². The molecule has 0 radical (unpaired) electrons. The minimum Gasteiger partial charge on any atom is -0.506 e. The van der Waals surface area contributed by atoms with Crippen LogP contribution in [0.2, 0.25) is 5.02 Å². The van der Waals surface area contributed by atoms with E-state index in [1.807, 2.05) is 12.1 Å². The normalized spacial score (nSPS) is 12.9. The number of hydrogen-bond acceptors (Lipinski definition) is 13. The molecule has 0 aromatic heterocycles. The number of fused-ring (bicyclic) bond motifs is 5. The molecular weight excluding hydrogens is 858 g/mol. The quantitative estimate of drug-likeness (QED) is 0.0961. The van der Waals surface area contributed by atoms with E-state index in [0.29, 0.717) is 26.6 Å². The first-order chi connectivity index (χ1) is 25.7. The summed E-state index contributed by atoms with van der Waals surface area (Å²) in [4.78, 5) is -0.647. The summed E-state index contributed by atoms with van der Waals surface area (Å²) in [6.45, 7) is 0. The maximum absolute atomic E-state index is 12.4. The van der Waals surface area contributed by atoms with Gasteiger partial charge in [-0.2, -0.15) is 8.42 Å². The van der Waals surface area contributed by atoms with E-state index in [1.165, 1.54) is 30.3 Å². The van der Waals surface area contributed by atoms with Gasteiger partial charge in [-0.3, -0.25) is 4.55 Å². The van der Waals surface area contributed by atoms with E-state index in [4.69, 9.17) is 16.3 Å². The number of rotatable bonds is 5. The van der Waals surface area contributed by atoms with Crippen LogP contribution >= 0.6 is 11.6 Å². The summed E-state index contributed by atoms with van der Waals surface area (Å²) in [5.74, 6) is -1.48. The van der Waals surface area contributed by atoms with Crippen molar-refractivity contribution in [1.82, 2.24) is 0 Å². The second kappa shape index (κ2) is 18.4. The smallest absolute Gasteiger partial charge is 0.506 e. The zero-order valence-corrected chi connectivity index (χ0v) is 37.4. The molecule has 0 fully saturated rings. The molecule has 1 heterocycles. The molecule has 1 aliphatic rings. The third-order valence-corrected chi connectivity index (χ3v) is 10.9. The summed E-state index contributed by atoms with van der Waals surface area (Å²) >= 11 is 5.87. The van der Waals surface area contributed by atoms with Crippen molar-refractivity contribution in [1.29, 1.82) is 0 Å². The Morgan fingerprint density at radius 1 is 0.614 bits per heavy atom. The van der Waals surface area contributed by atoms with Gasteiger partial charge in [-0.25, -0.2) is 8.42 Å². The van der Waals surface area contributed by atoms with E-state index in [-0.39, 0.29) is 133 Å². The minimum atomic E-state index is -4.54. The number of ether oxygens (including phenoxy) is 1. The maximum Gasteiger partial charge on any atom is 1.00 e. The zero-order chi connectivity index (χ0) is 38.4. The van der Waals surface area contributed by atoms with Gasteiger partial charge in [-0.1, -0.05) is 90.5 Å². The van der Waals surface area contributed by atoms with Crippen molar-refractivity contribution in [3.8, 4) is 28.7 Å². The molecule has 0 unspecified atom stereocenters. The number of aromatic hydroxyl groups is 4. The number of phenols is 4. The van der Waals surface area contributed by atoms with Gasteiger partial charge >= 0.3 is 59.1 Å². The van der Waals surface area contributed by atoms with E-state index in [2.05, 4.69) is 20.5 Å². The second-order valence-corrected chi connectivity index (χ2v) is 15.4. The molecule has 0 saturated heterocycles. The monoisotopic (exact) mass is 882 g/mol. The fraction of sp³-hybridized carbons (Fsp3) is 0.0270. The van der Waals surface area contributed by atoms with Gasteiger partial charge in [0.1, 0.15) is 49.9 Å². The molecule has 57 heavy (non-hydrogen) atoms. The van der Waals surface area contributed by atoms with E-state index >= 15 is 0 Å². The van der Waals surface area contributed by atoms with Crippen molar-refractivity contribution in [2.75, 3.05) is 5.94 Å². The van der Waals surface area contributed by atoms with Crippen LogP contribution in [-0.2, 0) is 37.3 Å². The third kappa shape index (κ3) is 9.26. The van der Waals surface area contributed by atoms with Crippen LogP contribution in [0.25, 0.3) is 32.3 Å². The number of halogens is 1. The first-order valence-corrected chi connectivity index (χ1v) is 19.1.